The van der Waals surface area contributed by atoms with Gasteiger partial charge >= 0.3 is 21.7 Å². The third-order valence-corrected chi connectivity index (χ3v) is 8.31. The van der Waals surface area contributed by atoms with Crippen LogP contribution in [-0.4, -0.2) is 106 Å². The van der Waals surface area contributed by atoms with Crippen molar-refractivity contribution >= 4 is 57.4 Å². The third-order valence-electron chi connectivity index (χ3n) is 5.94. The van der Waals surface area contributed by atoms with Gasteiger partial charge in [0, 0.05) is 19.5 Å². The molecule has 0 aliphatic carbocycles. The van der Waals surface area contributed by atoms with E-state index in [1.54, 1.807) is 12.2 Å². The molecule has 232 valence electrons. The van der Waals surface area contributed by atoms with Crippen LogP contribution in [0.3, 0.4) is 0 Å². The lowest BCUT2D eigenvalue weighted by atomic mass is 10.1. The van der Waals surface area contributed by atoms with E-state index in [1.165, 1.54) is 4.90 Å². The van der Waals surface area contributed by atoms with E-state index in [9.17, 15) is 33.5 Å². The number of fused-ring (bicyclic) bond motifs is 1. The van der Waals surface area contributed by atoms with E-state index in [0.29, 0.717) is 5.75 Å². The van der Waals surface area contributed by atoms with E-state index >= 15 is 0 Å². The molecule has 2 aliphatic rings. The number of aliphatic hydroxyl groups is 1. The van der Waals surface area contributed by atoms with Gasteiger partial charge < -0.3 is 45.2 Å². The molecule has 2 aromatic rings. The smallest absolute Gasteiger partial charge is 0.440 e. The summed E-state index contributed by atoms with van der Waals surface area (Å²) in [4.78, 5) is 76.0. The monoisotopic (exact) mass is 655 g/mol. The first-order valence-corrected chi connectivity index (χ1v) is 15.7. The van der Waals surface area contributed by atoms with Gasteiger partial charge in [0.05, 0.1) is 19.0 Å². The molecule has 2 aromatic heterocycles. The molecule has 0 aromatic carbocycles. The van der Waals surface area contributed by atoms with E-state index in [2.05, 4.69) is 41.7 Å². The second kappa shape index (κ2) is 12.8. The number of amides is 2. The Balaban J connectivity index is 1.56. The van der Waals surface area contributed by atoms with Crippen LogP contribution in [0.2, 0.25) is 0 Å². The lowest BCUT2D eigenvalue weighted by Gasteiger charge is -2.31. The number of carbonyl (C=O) groups excluding carboxylic acids is 2. The van der Waals surface area contributed by atoms with Gasteiger partial charge in [-0.2, -0.15) is 21.9 Å². The number of aliphatic hydroxyl groups excluding tert-OH is 1. The summed E-state index contributed by atoms with van der Waals surface area (Å²) in [7, 11) is -10.8. The molecule has 8 N–H and O–H groups in total. The Labute approximate surface area is 241 Å². The molecule has 2 aliphatic heterocycles. The zero-order valence-electron chi connectivity index (χ0n) is 21.3. The van der Waals surface area contributed by atoms with Crippen molar-refractivity contribution in [3.8, 4) is 0 Å². The molecule has 23 heteroatoms. The van der Waals surface area contributed by atoms with Crippen LogP contribution in [0.1, 0.15) is 12.6 Å². The number of aromatic nitrogens is 4. The highest BCUT2D eigenvalue weighted by Crippen LogP contribution is 2.57. The van der Waals surface area contributed by atoms with Gasteiger partial charge in [-0.05, 0) is 5.75 Å². The quantitative estimate of drug-likeness (QED) is 0.0809. The number of phosphoric ester groups is 1. The average Bonchev–Trinajstić information content (AvgIpc) is 3.42. The van der Waals surface area contributed by atoms with Gasteiger partial charge in [0.2, 0.25) is 11.9 Å². The number of anilines is 1. The van der Waals surface area contributed by atoms with Crippen LogP contribution in [0, 0.1) is 0 Å². The molecule has 2 amide bonds. The molecule has 1 saturated heterocycles. The molecule has 1 unspecified atom stereocenters. The molecule has 4 heterocycles. The van der Waals surface area contributed by atoms with Crippen molar-refractivity contribution < 1.29 is 56.8 Å². The number of thiol groups is 1. The molecule has 4 rings (SSSR count). The second-order valence-corrected chi connectivity index (χ2v) is 12.3. The van der Waals surface area contributed by atoms with E-state index in [4.69, 9.17) is 25.0 Å². The third kappa shape index (κ3) is 7.75. The number of hydrogen-bond donors (Lipinski definition) is 8. The predicted octanol–water partition coefficient (Wildman–Crippen LogP) is -1.63. The Bertz CT molecular complexity index is 1510. The highest BCUT2D eigenvalue weighted by atomic mass is 32.1. The summed E-state index contributed by atoms with van der Waals surface area (Å²) >= 11 is 4.00. The minimum absolute atomic E-state index is 0.00200. The number of nitrogen functional groups attached to an aromatic ring is 1. The lowest BCUT2D eigenvalue weighted by Crippen LogP contribution is -2.49. The minimum atomic E-state index is -5.45. The Kier molecular flexibility index (Phi) is 9.78. The van der Waals surface area contributed by atoms with Gasteiger partial charge in [-0.3, -0.25) is 23.7 Å². The Morgan fingerprint density at radius 1 is 1.31 bits per heavy atom. The first kappa shape index (κ1) is 32.1. The van der Waals surface area contributed by atoms with Crippen LogP contribution in [0.15, 0.2) is 23.3 Å². The van der Waals surface area contributed by atoms with Crippen molar-refractivity contribution in [1.29, 1.82) is 0 Å². The predicted molar refractivity (Wildman–Crippen MR) is 143 cm³/mol. The zero-order valence-corrected chi connectivity index (χ0v) is 24.0. The summed E-state index contributed by atoms with van der Waals surface area (Å²) in [6.45, 7) is -0.890. The molecule has 6 atom stereocenters. The SMILES string of the molecule is Nc1nc2c(ncn2[C@@H]2O[C@H](COP(=O)(O)OP(=O)(O)O)[C@@H](OC(=O)N3CC=C[C@H](NC(=O)CCS)C3)[C@H]2O)c(=O)[nH]1. The van der Waals surface area contributed by atoms with Crippen LogP contribution in [0.5, 0.6) is 0 Å². The van der Waals surface area contributed by atoms with Crippen LogP contribution < -0.4 is 16.6 Å². The number of phosphoric acid groups is 2. The van der Waals surface area contributed by atoms with Gasteiger partial charge in [0.1, 0.15) is 12.2 Å². The van der Waals surface area contributed by atoms with Crippen molar-refractivity contribution in [3.63, 3.8) is 0 Å². The highest BCUT2D eigenvalue weighted by Gasteiger charge is 2.49. The van der Waals surface area contributed by atoms with Crippen molar-refractivity contribution in [2.75, 3.05) is 31.2 Å². The summed E-state index contributed by atoms with van der Waals surface area (Å²) in [6, 6.07) is -0.549. The van der Waals surface area contributed by atoms with Crippen molar-refractivity contribution in [2.45, 2.75) is 37.0 Å². The van der Waals surface area contributed by atoms with Crippen LogP contribution in [0.25, 0.3) is 11.2 Å². The fraction of sp³-hybridized carbons (Fsp3) is 0.526. The number of nitrogens with one attached hydrogen (secondary N) is 2. The maximum absolute atomic E-state index is 13.1. The number of aromatic amines is 1. The molecule has 0 radical (unpaired) electrons. The lowest BCUT2D eigenvalue weighted by molar-refractivity contribution is -0.121. The van der Waals surface area contributed by atoms with Gasteiger partial charge in [-0.15, -0.1) is 0 Å². The van der Waals surface area contributed by atoms with E-state index in [1.807, 2.05) is 0 Å². The molecular weight excluding hydrogens is 628 g/mol. The molecule has 20 nitrogen and oxygen atoms in total. The average molecular weight is 655 g/mol. The molecular formula is C19H27N7O13P2S. The molecule has 0 saturated carbocycles. The fourth-order valence-corrected chi connectivity index (χ4v) is 6.03. The summed E-state index contributed by atoms with van der Waals surface area (Å²) in [5.41, 5.74) is 4.63. The van der Waals surface area contributed by atoms with E-state index in [-0.39, 0.29) is 42.5 Å². The molecule has 0 spiro atoms. The van der Waals surface area contributed by atoms with E-state index < -0.39 is 64.5 Å². The van der Waals surface area contributed by atoms with Crippen LogP contribution >= 0.6 is 28.3 Å². The molecule has 1 fully saturated rings. The van der Waals surface area contributed by atoms with Gasteiger partial charge in [-0.1, -0.05) is 12.2 Å². The minimum Gasteiger partial charge on any atom is -0.440 e. The van der Waals surface area contributed by atoms with Gasteiger partial charge in [0.15, 0.2) is 23.5 Å². The first-order valence-electron chi connectivity index (χ1n) is 12.0. The maximum Gasteiger partial charge on any atom is 0.481 e. The number of H-pyrrole nitrogens is 1. The number of rotatable bonds is 10. The van der Waals surface area contributed by atoms with Gasteiger partial charge in [-0.25, -0.2) is 18.9 Å². The Morgan fingerprint density at radius 2 is 2.05 bits per heavy atom. The summed E-state index contributed by atoms with van der Waals surface area (Å²) < 4.78 is 43.8. The normalized spacial score (nSPS) is 25.8. The summed E-state index contributed by atoms with van der Waals surface area (Å²) in [6.07, 6.45) is -2.78. The molecule has 42 heavy (non-hydrogen) atoms. The summed E-state index contributed by atoms with van der Waals surface area (Å²) in [5, 5.41) is 13.9. The van der Waals surface area contributed by atoms with Gasteiger partial charge in [0.25, 0.3) is 5.56 Å². The first-order chi connectivity index (χ1) is 19.7. The number of carbonyl (C=O) groups is 2. The van der Waals surface area contributed by atoms with Crippen molar-refractivity contribution in [2.24, 2.45) is 0 Å². The van der Waals surface area contributed by atoms with E-state index in [0.717, 1.165) is 10.9 Å². The van der Waals surface area contributed by atoms with Crippen molar-refractivity contribution in [1.82, 2.24) is 29.7 Å². The van der Waals surface area contributed by atoms with Crippen LogP contribution in [0.4, 0.5) is 10.7 Å². The number of ether oxygens (including phenoxy) is 2. The summed E-state index contributed by atoms with van der Waals surface area (Å²) in [5.74, 6) is -0.253. The standard InChI is InChI=1S/C19H27N7O13P2S/c20-18-23-15-12(16(29)24-18)21-8-26(15)17-13(28)14(10(37-17)7-36-41(34,35)39-40(31,32)33)38-19(30)25-4-1-2-9(6-25)22-11(27)3-5-42/h1-2,8-10,13-14,17,28,42H,3-7H2,(H,22,27)(H,34,35)(H2,31,32,33)(H3,20,23,24,29)/t9-,10+,13+,14+,17+/m0/s1. The topological polar surface area (TPSA) is 291 Å². The maximum atomic E-state index is 13.1. The zero-order chi connectivity index (χ0) is 30.8. The largest absolute Gasteiger partial charge is 0.481 e. The number of nitrogens with two attached hydrogens (primary N) is 1. The highest BCUT2D eigenvalue weighted by molar-refractivity contribution is 7.80. The Morgan fingerprint density at radius 3 is 2.74 bits per heavy atom. The number of hydrogen-bond acceptors (Lipinski definition) is 14. The number of nitrogens with zero attached hydrogens (tertiary/aromatic N) is 4. The molecule has 0 bridgehead atoms. The fourth-order valence-electron chi connectivity index (χ4n) is 4.22. The Hall–Kier alpha value is -2.84. The van der Waals surface area contributed by atoms with Crippen LogP contribution in [-0.2, 0) is 32.2 Å². The van der Waals surface area contributed by atoms with Crippen molar-refractivity contribution in [3.05, 3.63) is 28.8 Å². The second-order valence-electron chi connectivity index (χ2n) is 9.00. The number of imidazole rings is 1.